The fraction of sp³-hybridized carbons (Fsp3) is 0.280. The van der Waals surface area contributed by atoms with Crippen molar-refractivity contribution in [1.82, 2.24) is 0 Å². The third-order valence-electron chi connectivity index (χ3n) is 5.57. The average molecular weight is 452 g/mol. The Hall–Kier alpha value is -3.94. The van der Waals surface area contributed by atoms with Gasteiger partial charge in [0.15, 0.2) is 0 Å². The summed E-state index contributed by atoms with van der Waals surface area (Å²) in [6.07, 6.45) is 0. The number of rotatable bonds is 9. The number of ether oxygens (including phenoxy) is 2. The van der Waals surface area contributed by atoms with E-state index >= 15 is 0 Å². The van der Waals surface area contributed by atoms with E-state index in [1.54, 1.807) is 38.1 Å². The quantitative estimate of drug-likeness (QED) is 0.314. The summed E-state index contributed by atoms with van der Waals surface area (Å²) in [7, 11) is 0. The monoisotopic (exact) mass is 452 g/mol. The average Bonchev–Trinajstić information content (AvgIpc) is 2.73. The molecule has 8 nitrogen and oxygen atoms in total. The summed E-state index contributed by atoms with van der Waals surface area (Å²) in [4.78, 5) is 49.9. The van der Waals surface area contributed by atoms with Crippen molar-refractivity contribution in [2.24, 2.45) is 17.3 Å². The van der Waals surface area contributed by atoms with Crippen LogP contribution in [0.1, 0.15) is 25.0 Å². The molecule has 0 fully saturated rings. The maximum absolute atomic E-state index is 12.9. The van der Waals surface area contributed by atoms with Gasteiger partial charge in [0, 0.05) is 0 Å². The minimum atomic E-state index is -2.71. The van der Waals surface area contributed by atoms with Gasteiger partial charge in [-0.05, 0) is 54.8 Å². The van der Waals surface area contributed by atoms with E-state index < -0.39 is 46.7 Å². The molecule has 2 unspecified atom stereocenters. The van der Waals surface area contributed by atoms with Crippen LogP contribution in [0.5, 0.6) is 11.5 Å². The van der Waals surface area contributed by atoms with Gasteiger partial charge in [-0.3, -0.25) is 9.59 Å². The lowest BCUT2D eigenvalue weighted by molar-refractivity contribution is -0.326. The fourth-order valence-corrected chi connectivity index (χ4v) is 3.68. The Morgan fingerprint density at radius 3 is 1.52 bits per heavy atom. The number of carboxylic acid groups (broad SMARTS) is 2. The highest BCUT2D eigenvalue weighted by molar-refractivity contribution is 6.00. The van der Waals surface area contributed by atoms with E-state index in [1.165, 1.54) is 24.3 Å². The van der Waals surface area contributed by atoms with Gasteiger partial charge in [0.25, 0.3) is 0 Å². The molecular formula is C25H24O8-2. The van der Waals surface area contributed by atoms with Gasteiger partial charge in [-0.15, -0.1) is 0 Å². The Bertz CT molecular complexity index is 1040. The van der Waals surface area contributed by atoms with Crippen LogP contribution in [0, 0.1) is 31.1 Å². The molecule has 0 aliphatic heterocycles. The maximum Gasteiger partial charge on any atom is 0.315 e. The van der Waals surface area contributed by atoms with Crippen LogP contribution in [0.2, 0.25) is 0 Å². The van der Waals surface area contributed by atoms with Gasteiger partial charge in [-0.2, -0.15) is 0 Å². The molecular weight excluding hydrogens is 428 g/mol. The number of carbonyl (C=O) groups is 4. The summed E-state index contributed by atoms with van der Waals surface area (Å²) in [6, 6.07) is 12.8. The highest BCUT2D eigenvalue weighted by Crippen LogP contribution is 2.43. The molecule has 0 aromatic heterocycles. The molecule has 2 aromatic carbocycles. The lowest BCUT2D eigenvalue weighted by Crippen LogP contribution is -2.59. The van der Waals surface area contributed by atoms with Gasteiger partial charge in [0.1, 0.15) is 11.5 Å². The summed E-state index contributed by atoms with van der Waals surface area (Å²) in [5.41, 5.74) is -2.17. The van der Waals surface area contributed by atoms with Crippen molar-refractivity contribution in [3.63, 3.8) is 0 Å². The Balaban J connectivity index is 2.49. The van der Waals surface area contributed by atoms with Gasteiger partial charge in [-0.25, -0.2) is 0 Å². The second-order valence-corrected chi connectivity index (χ2v) is 7.84. The predicted molar refractivity (Wildman–Crippen MR) is 114 cm³/mol. The summed E-state index contributed by atoms with van der Waals surface area (Å²) < 4.78 is 10.5. The number of hydrogen-bond acceptors (Lipinski definition) is 8. The molecule has 33 heavy (non-hydrogen) atoms. The van der Waals surface area contributed by atoms with Gasteiger partial charge < -0.3 is 29.3 Å². The van der Waals surface area contributed by atoms with E-state index in [9.17, 15) is 29.4 Å². The Morgan fingerprint density at radius 2 is 1.21 bits per heavy atom. The summed E-state index contributed by atoms with van der Waals surface area (Å²) in [6.45, 7) is 9.06. The number of aliphatic carboxylic acids is 2. The number of esters is 2. The first-order valence-corrected chi connectivity index (χ1v) is 10.1. The van der Waals surface area contributed by atoms with Crippen molar-refractivity contribution in [1.29, 1.82) is 0 Å². The first kappa shape index (κ1) is 25.3. The van der Waals surface area contributed by atoms with Crippen LogP contribution in [0.15, 0.2) is 60.7 Å². The normalized spacial score (nSPS) is 14.3. The molecule has 0 N–H and O–H groups in total. The fourth-order valence-electron chi connectivity index (χ4n) is 3.68. The third-order valence-corrected chi connectivity index (χ3v) is 5.57. The number of aryl methyl sites for hydroxylation is 2. The van der Waals surface area contributed by atoms with E-state index in [0.717, 1.165) is 25.0 Å². The zero-order chi connectivity index (χ0) is 24.9. The first-order valence-electron chi connectivity index (χ1n) is 10.1. The topological polar surface area (TPSA) is 133 Å². The molecule has 0 radical (unpaired) electrons. The minimum Gasteiger partial charge on any atom is -0.549 e. The molecule has 2 atom stereocenters. The van der Waals surface area contributed by atoms with Crippen LogP contribution < -0.4 is 19.7 Å². The van der Waals surface area contributed by atoms with E-state index in [-0.39, 0.29) is 11.5 Å². The number of hydrogen-bond donors (Lipinski definition) is 0. The van der Waals surface area contributed by atoms with E-state index in [2.05, 4.69) is 6.58 Å². The van der Waals surface area contributed by atoms with Crippen LogP contribution in [0.4, 0.5) is 0 Å². The zero-order valence-corrected chi connectivity index (χ0v) is 18.7. The van der Waals surface area contributed by atoms with Gasteiger partial charge in [-0.1, -0.05) is 44.7 Å². The van der Waals surface area contributed by atoms with Gasteiger partial charge >= 0.3 is 11.9 Å². The standard InChI is InChI=1S/C25H26O8/c1-14-8-6-10-19(12-14)32-22(28)17(4)25(24(30)31,16(3)21(26)27)18(5)23(29)33-20-11-7-9-15(2)13-20/h6-13,17-18H,3H2,1-2,4-5H3,(H,26,27)(H,30,31)/p-2. The van der Waals surface area contributed by atoms with Crippen molar-refractivity contribution in [2.45, 2.75) is 27.7 Å². The molecule has 0 saturated heterocycles. The van der Waals surface area contributed by atoms with Crippen LogP contribution in [-0.2, 0) is 19.2 Å². The Morgan fingerprint density at radius 1 is 0.818 bits per heavy atom. The summed E-state index contributed by atoms with van der Waals surface area (Å²) in [5, 5.41) is 24.1. The molecule has 2 rings (SSSR count). The lowest BCUT2D eigenvalue weighted by atomic mass is 9.63. The van der Waals surface area contributed by atoms with Crippen molar-refractivity contribution in [2.75, 3.05) is 0 Å². The van der Waals surface area contributed by atoms with E-state index in [0.29, 0.717) is 0 Å². The molecule has 0 bridgehead atoms. The second-order valence-electron chi connectivity index (χ2n) is 7.84. The van der Waals surface area contributed by atoms with Crippen molar-refractivity contribution < 1.29 is 38.9 Å². The molecule has 8 heteroatoms. The molecule has 2 aromatic rings. The minimum absolute atomic E-state index is 0.119. The molecule has 0 spiro atoms. The predicted octanol–water partition coefficient (Wildman–Crippen LogP) is 1.13. The smallest absolute Gasteiger partial charge is 0.315 e. The Labute approximate surface area is 191 Å². The van der Waals surface area contributed by atoms with Crippen molar-refractivity contribution >= 4 is 23.9 Å². The van der Waals surface area contributed by atoms with Gasteiger partial charge in [0.05, 0.1) is 29.2 Å². The molecule has 0 aliphatic rings. The SMILES string of the molecule is C=C(C(=O)[O-])C(C(=O)[O-])(C(C)C(=O)Oc1cccc(C)c1)C(C)C(=O)Oc1cccc(C)c1. The highest BCUT2D eigenvalue weighted by atomic mass is 16.5. The molecule has 0 heterocycles. The molecule has 0 saturated carbocycles. The Kier molecular flexibility index (Phi) is 7.76. The molecule has 0 aliphatic carbocycles. The largest absolute Gasteiger partial charge is 0.549 e. The zero-order valence-electron chi connectivity index (χ0n) is 18.7. The van der Waals surface area contributed by atoms with Crippen molar-refractivity contribution in [3.05, 3.63) is 71.8 Å². The lowest BCUT2D eigenvalue weighted by Gasteiger charge is -2.44. The highest BCUT2D eigenvalue weighted by Gasteiger charge is 2.53. The van der Waals surface area contributed by atoms with Crippen LogP contribution in [-0.4, -0.2) is 23.9 Å². The third kappa shape index (κ3) is 5.28. The van der Waals surface area contributed by atoms with E-state index in [1.807, 2.05) is 0 Å². The van der Waals surface area contributed by atoms with Gasteiger partial charge in [0.2, 0.25) is 0 Å². The summed E-state index contributed by atoms with van der Waals surface area (Å²) in [5.74, 6) is -9.31. The number of carbonyl (C=O) groups excluding carboxylic acids is 4. The summed E-state index contributed by atoms with van der Waals surface area (Å²) >= 11 is 0. The van der Waals surface area contributed by atoms with Crippen LogP contribution >= 0.6 is 0 Å². The van der Waals surface area contributed by atoms with Crippen LogP contribution in [0.25, 0.3) is 0 Å². The second kappa shape index (κ2) is 10.1. The maximum atomic E-state index is 12.9. The van der Waals surface area contributed by atoms with E-state index in [4.69, 9.17) is 9.47 Å². The first-order chi connectivity index (χ1) is 15.4. The van der Waals surface area contributed by atoms with Crippen molar-refractivity contribution in [3.8, 4) is 11.5 Å². The van der Waals surface area contributed by atoms with Crippen LogP contribution in [0.3, 0.4) is 0 Å². The number of carboxylic acids is 2. The molecule has 0 amide bonds. The molecule has 174 valence electrons. The number of benzene rings is 2.